The first kappa shape index (κ1) is 21.8. The van der Waals surface area contributed by atoms with Gasteiger partial charge in [-0.25, -0.2) is 0 Å². The van der Waals surface area contributed by atoms with Crippen molar-refractivity contribution in [2.45, 2.75) is 107 Å². The summed E-state index contributed by atoms with van der Waals surface area (Å²) in [6.07, 6.45) is 7.91. The quantitative estimate of drug-likeness (QED) is 0.348. The van der Waals surface area contributed by atoms with Crippen LogP contribution in [-0.4, -0.2) is 68.8 Å². The maximum atomic E-state index is 14.2. The van der Waals surface area contributed by atoms with E-state index in [0.29, 0.717) is 25.8 Å². The molecule has 8 nitrogen and oxygen atoms in total. The summed E-state index contributed by atoms with van der Waals surface area (Å²) in [7, 11) is 0. The largest absolute Gasteiger partial charge is 0.634 e. The van der Waals surface area contributed by atoms with Crippen molar-refractivity contribution >= 4 is 11.8 Å². The van der Waals surface area contributed by atoms with Gasteiger partial charge in [-0.15, -0.1) is 0 Å². The van der Waals surface area contributed by atoms with Crippen molar-refractivity contribution in [3.05, 3.63) is 17.4 Å². The molecule has 6 heterocycles. The lowest BCUT2D eigenvalue weighted by atomic mass is 9.45. The van der Waals surface area contributed by atoms with Crippen molar-refractivity contribution in [1.82, 2.24) is 10.2 Å². The molecule has 2 bridgehead atoms. The number of carbonyl (C=O) groups excluding carboxylic acids is 2. The molecule has 186 valence electrons. The van der Waals surface area contributed by atoms with E-state index in [4.69, 9.17) is 4.74 Å². The highest BCUT2D eigenvalue weighted by Gasteiger charge is 2.81. The van der Waals surface area contributed by atoms with Gasteiger partial charge in [0.15, 0.2) is 0 Å². The first-order valence-electron chi connectivity index (χ1n) is 13.2. The molecule has 34 heavy (non-hydrogen) atoms. The third-order valence-corrected chi connectivity index (χ3v) is 11.2. The Morgan fingerprint density at radius 1 is 1.24 bits per heavy atom. The predicted molar refractivity (Wildman–Crippen MR) is 122 cm³/mol. The summed E-state index contributed by atoms with van der Waals surface area (Å²) in [6, 6.07) is -0.846. The molecule has 0 aromatic carbocycles. The van der Waals surface area contributed by atoms with Crippen LogP contribution in [-0.2, 0) is 14.3 Å². The summed E-state index contributed by atoms with van der Waals surface area (Å²) in [5, 5.41) is 30.0. The zero-order valence-corrected chi connectivity index (χ0v) is 20.6. The normalized spacial score (nSPS) is 55.7. The van der Waals surface area contributed by atoms with Crippen molar-refractivity contribution in [2.75, 3.05) is 6.54 Å². The molecule has 0 aromatic rings. The molecule has 0 aromatic heterocycles. The van der Waals surface area contributed by atoms with Gasteiger partial charge in [0.05, 0.1) is 17.6 Å². The van der Waals surface area contributed by atoms with E-state index < -0.39 is 28.1 Å². The lowest BCUT2D eigenvalue weighted by Gasteiger charge is -2.67. The van der Waals surface area contributed by atoms with Gasteiger partial charge in [-0.3, -0.25) is 9.59 Å². The number of nitrogens with one attached hydrogen (secondary N) is 2. The second kappa shape index (κ2) is 6.07. The molecular formula is C26H37N3O5. The van der Waals surface area contributed by atoms with Gasteiger partial charge in [0, 0.05) is 30.2 Å². The maximum absolute atomic E-state index is 14.2. The highest BCUT2D eigenvalue weighted by molar-refractivity contribution is 6.05. The molecule has 2 aliphatic carbocycles. The van der Waals surface area contributed by atoms with Crippen molar-refractivity contribution in [2.24, 2.45) is 23.2 Å². The molecule has 5 saturated heterocycles. The van der Waals surface area contributed by atoms with Crippen LogP contribution < -0.4 is 10.4 Å². The molecule has 2 amide bonds. The van der Waals surface area contributed by atoms with Crippen LogP contribution in [0.4, 0.5) is 0 Å². The number of nitrogens with zero attached hydrogens (tertiary/aromatic N) is 1. The molecule has 2 spiro atoms. The van der Waals surface area contributed by atoms with Crippen molar-refractivity contribution in [3.63, 3.8) is 0 Å². The van der Waals surface area contributed by atoms with E-state index in [1.807, 2.05) is 18.7 Å². The minimum absolute atomic E-state index is 0.0286. The topological polar surface area (TPSA) is 106 Å². The number of hydrogen-bond acceptors (Lipinski definition) is 5. The molecule has 6 aliphatic heterocycles. The second-order valence-corrected chi connectivity index (χ2v) is 13.5. The molecular weight excluding hydrogens is 434 g/mol. The maximum Gasteiger partial charge on any atom is 0.249 e. The summed E-state index contributed by atoms with van der Waals surface area (Å²) in [6.45, 7) is 8.81. The van der Waals surface area contributed by atoms with Gasteiger partial charge in [-0.2, -0.15) is 0 Å². The molecule has 3 N–H and O–H groups in total. The van der Waals surface area contributed by atoms with E-state index in [-0.39, 0.29) is 58.8 Å². The number of amides is 2. The zero-order chi connectivity index (χ0) is 24.1. The van der Waals surface area contributed by atoms with Crippen LogP contribution in [0.3, 0.4) is 0 Å². The molecule has 7 fully saturated rings. The highest BCUT2D eigenvalue weighted by atomic mass is 16.5. The van der Waals surface area contributed by atoms with Crippen LogP contribution in [0.1, 0.15) is 66.2 Å². The van der Waals surface area contributed by atoms with Crippen molar-refractivity contribution in [1.29, 1.82) is 0 Å². The van der Waals surface area contributed by atoms with Crippen LogP contribution in [0, 0.1) is 28.4 Å². The van der Waals surface area contributed by atoms with E-state index in [9.17, 15) is 19.9 Å². The first-order chi connectivity index (χ1) is 15.9. The predicted octanol–water partition coefficient (Wildman–Crippen LogP) is 0.290. The summed E-state index contributed by atoms with van der Waals surface area (Å²) < 4.78 is 6.36. The molecule has 10 unspecified atom stereocenters. The van der Waals surface area contributed by atoms with Gasteiger partial charge in [-0.1, -0.05) is 26.0 Å². The van der Waals surface area contributed by atoms with E-state index in [2.05, 4.69) is 31.3 Å². The van der Waals surface area contributed by atoms with Crippen LogP contribution >= 0.6 is 0 Å². The van der Waals surface area contributed by atoms with Crippen LogP contribution in [0.15, 0.2) is 12.2 Å². The van der Waals surface area contributed by atoms with Gasteiger partial charge in [0.2, 0.25) is 11.8 Å². The third kappa shape index (κ3) is 2.22. The average molecular weight is 472 g/mol. The lowest BCUT2D eigenvalue weighted by Crippen LogP contribution is -3.17. The van der Waals surface area contributed by atoms with Crippen molar-refractivity contribution in [3.8, 4) is 0 Å². The number of rotatable bonds is 0. The Bertz CT molecular complexity index is 1030. The third-order valence-electron chi connectivity index (χ3n) is 11.2. The Kier molecular flexibility index (Phi) is 3.89. The molecule has 2 saturated carbocycles. The second-order valence-electron chi connectivity index (χ2n) is 13.5. The van der Waals surface area contributed by atoms with Gasteiger partial charge in [-0.05, 0) is 46.0 Å². The Balaban J connectivity index is 1.35. The van der Waals surface area contributed by atoms with E-state index in [1.54, 1.807) is 0 Å². The fourth-order valence-corrected chi connectivity index (χ4v) is 10.1. The summed E-state index contributed by atoms with van der Waals surface area (Å²) in [5.41, 5.74) is -4.17. The van der Waals surface area contributed by atoms with E-state index in [1.165, 1.54) is 0 Å². The summed E-state index contributed by atoms with van der Waals surface area (Å²) in [4.78, 5) is 29.2. The fraction of sp³-hybridized carbons (Fsp3) is 0.846. The Labute approximate surface area is 200 Å². The minimum Gasteiger partial charge on any atom is -0.634 e. The van der Waals surface area contributed by atoms with Crippen LogP contribution in [0.2, 0.25) is 0 Å². The number of fused-ring (bicyclic) bond motifs is 6. The Morgan fingerprint density at radius 2 is 2.00 bits per heavy atom. The van der Waals surface area contributed by atoms with Gasteiger partial charge >= 0.3 is 0 Å². The zero-order valence-electron chi connectivity index (χ0n) is 20.6. The van der Waals surface area contributed by atoms with Gasteiger partial charge in [0.1, 0.15) is 28.8 Å². The molecule has 8 rings (SSSR count). The molecule has 0 radical (unpaired) electrons. The summed E-state index contributed by atoms with van der Waals surface area (Å²) in [5.74, 6) is -0.538. The van der Waals surface area contributed by atoms with Gasteiger partial charge in [0.25, 0.3) is 0 Å². The van der Waals surface area contributed by atoms with Gasteiger partial charge < -0.3 is 30.3 Å². The number of ether oxygens (including phenoxy) is 1. The molecule has 8 heteroatoms. The number of hydrogen-bond donors (Lipinski definition) is 3. The number of carbonyl (C=O) groups is 2. The highest BCUT2D eigenvalue weighted by Crippen LogP contribution is 2.64. The van der Waals surface area contributed by atoms with Crippen molar-refractivity contribution < 1.29 is 24.5 Å². The monoisotopic (exact) mass is 471 g/mol. The lowest BCUT2D eigenvalue weighted by molar-refractivity contribution is -0.905. The Hall–Kier alpha value is -1.48. The van der Waals surface area contributed by atoms with Crippen LogP contribution in [0.5, 0.6) is 0 Å². The van der Waals surface area contributed by atoms with E-state index in [0.717, 1.165) is 12.8 Å². The standard InChI is InChI=1S/C26H37N3O5/c1-22(2)10-8-14-16(34-22)7-6-15-18(14)29(33)19-23(3,4)17-12-24-9-5-11-28(24)21(31)25(17,27-20(24)30)13-26(15,19)32/h8,10,14-19,29,32H,5-7,9,11-13H2,1-4H3,(H,27,30). The summed E-state index contributed by atoms with van der Waals surface area (Å²) >= 11 is 0. The molecule has 8 aliphatic rings. The minimum atomic E-state index is -1.31. The fourth-order valence-electron chi connectivity index (χ4n) is 10.1. The number of aliphatic hydroxyl groups is 1. The number of quaternary nitrogens is 1. The van der Waals surface area contributed by atoms with E-state index >= 15 is 0 Å². The Morgan fingerprint density at radius 3 is 2.76 bits per heavy atom. The SMILES string of the molecule is CC1(C)C=CC2C(CCC3C2[NH+]([O-])C2C(C)(C)C4CC56CCCN5C(=O)C4(CC32O)NC6=O)O1. The number of piperazine rings is 1. The molecule has 10 atom stereocenters. The first-order valence-corrected chi connectivity index (χ1v) is 13.2. The smallest absolute Gasteiger partial charge is 0.249 e. The average Bonchev–Trinajstić information content (AvgIpc) is 3.27. The number of piperidine rings is 2. The van der Waals surface area contributed by atoms with Crippen LogP contribution in [0.25, 0.3) is 0 Å². The number of hydroxylamine groups is 2.